The number of nitrogens with zero attached hydrogens (tertiary/aromatic N) is 2. The van der Waals surface area contributed by atoms with E-state index >= 15 is 0 Å². The second kappa shape index (κ2) is 6.02. The molecule has 0 saturated heterocycles. The Morgan fingerprint density at radius 3 is 2.76 bits per heavy atom. The smallest absolute Gasteiger partial charge is 0.306 e. The van der Waals surface area contributed by atoms with Gasteiger partial charge in [-0.25, -0.2) is 0 Å². The molecule has 3 N–H and O–H groups in total. The van der Waals surface area contributed by atoms with Crippen molar-refractivity contribution in [1.82, 2.24) is 9.78 Å². The van der Waals surface area contributed by atoms with Crippen LogP contribution in [0.5, 0.6) is 0 Å². The summed E-state index contributed by atoms with van der Waals surface area (Å²) < 4.78 is 1.75. The number of aryl methyl sites for hydroxylation is 2. The molecule has 1 unspecified atom stereocenters. The minimum atomic E-state index is -0.840. The van der Waals surface area contributed by atoms with Gasteiger partial charge in [-0.05, 0) is 26.8 Å². The van der Waals surface area contributed by atoms with Crippen molar-refractivity contribution in [3.63, 3.8) is 0 Å². The summed E-state index contributed by atoms with van der Waals surface area (Å²) in [6.45, 7) is 4.80. The fourth-order valence-electron chi connectivity index (χ4n) is 1.81. The second-order valence-corrected chi connectivity index (χ2v) is 4.36. The molecule has 0 aromatic carbocycles. The van der Waals surface area contributed by atoms with E-state index in [0.29, 0.717) is 31.0 Å². The number of aliphatic carboxylic acids is 1. The van der Waals surface area contributed by atoms with Crippen LogP contribution in [-0.4, -0.2) is 27.4 Å². The highest BCUT2D eigenvalue weighted by Gasteiger charge is 2.22. The molecule has 0 bridgehead atoms. The quantitative estimate of drug-likeness (QED) is 0.810. The molecule has 1 heterocycles. The molecule has 0 aliphatic rings. The third-order valence-electron chi connectivity index (χ3n) is 2.76. The average molecular weight is 260 g/mol. The molecule has 96 valence electrons. The Morgan fingerprint density at radius 1 is 1.65 bits per heavy atom. The Kier molecular flexibility index (Phi) is 4.96. The van der Waals surface area contributed by atoms with Crippen molar-refractivity contribution in [2.24, 2.45) is 11.7 Å². The molecule has 0 spiro atoms. The van der Waals surface area contributed by atoms with Crippen LogP contribution >= 0.6 is 11.6 Å². The van der Waals surface area contributed by atoms with E-state index in [-0.39, 0.29) is 0 Å². The zero-order valence-corrected chi connectivity index (χ0v) is 10.9. The van der Waals surface area contributed by atoms with Gasteiger partial charge in [-0.1, -0.05) is 11.6 Å². The second-order valence-electron chi connectivity index (χ2n) is 3.98. The maximum Gasteiger partial charge on any atom is 0.306 e. The molecule has 0 radical (unpaired) electrons. The van der Waals surface area contributed by atoms with Crippen LogP contribution in [0.3, 0.4) is 0 Å². The molecule has 1 atom stereocenters. The molecule has 0 fully saturated rings. The highest BCUT2D eigenvalue weighted by Crippen LogP contribution is 2.24. The topological polar surface area (TPSA) is 81.1 Å². The fraction of sp³-hybridized carbons (Fsp3) is 0.636. The van der Waals surface area contributed by atoms with E-state index in [1.54, 1.807) is 4.68 Å². The summed E-state index contributed by atoms with van der Waals surface area (Å²) >= 11 is 6.13. The SMILES string of the molecule is CCn1nc(C)c(Cl)c1CC(CCN)C(=O)O. The van der Waals surface area contributed by atoms with Gasteiger partial charge in [-0.15, -0.1) is 0 Å². The maximum absolute atomic E-state index is 11.1. The first-order valence-electron chi connectivity index (χ1n) is 5.65. The minimum absolute atomic E-state index is 0.355. The number of carboxylic acid groups (broad SMARTS) is 1. The summed E-state index contributed by atoms with van der Waals surface area (Å²) in [4.78, 5) is 11.1. The van der Waals surface area contributed by atoms with Gasteiger partial charge in [0.1, 0.15) is 0 Å². The highest BCUT2D eigenvalue weighted by molar-refractivity contribution is 6.31. The van der Waals surface area contributed by atoms with E-state index < -0.39 is 11.9 Å². The van der Waals surface area contributed by atoms with E-state index in [0.717, 1.165) is 11.4 Å². The lowest BCUT2D eigenvalue weighted by atomic mass is 9.99. The Balaban J connectivity index is 2.95. The summed E-state index contributed by atoms with van der Waals surface area (Å²) in [6, 6.07) is 0. The summed E-state index contributed by atoms with van der Waals surface area (Å²) in [7, 11) is 0. The van der Waals surface area contributed by atoms with Crippen molar-refractivity contribution >= 4 is 17.6 Å². The van der Waals surface area contributed by atoms with Crippen molar-refractivity contribution < 1.29 is 9.90 Å². The lowest BCUT2D eigenvalue weighted by molar-refractivity contribution is -0.141. The Bertz CT molecular complexity index is 404. The van der Waals surface area contributed by atoms with Gasteiger partial charge in [0.2, 0.25) is 0 Å². The third kappa shape index (κ3) is 3.20. The number of carbonyl (C=O) groups is 1. The Morgan fingerprint density at radius 2 is 2.29 bits per heavy atom. The highest BCUT2D eigenvalue weighted by atomic mass is 35.5. The first-order chi connectivity index (χ1) is 8.01. The van der Waals surface area contributed by atoms with E-state index in [1.807, 2.05) is 13.8 Å². The summed E-state index contributed by atoms with van der Waals surface area (Å²) in [6.07, 6.45) is 0.819. The zero-order chi connectivity index (χ0) is 13.0. The molecule has 1 aromatic rings. The molecule has 17 heavy (non-hydrogen) atoms. The van der Waals surface area contributed by atoms with Crippen LogP contribution in [0.1, 0.15) is 24.7 Å². The van der Waals surface area contributed by atoms with Gasteiger partial charge in [0.25, 0.3) is 0 Å². The number of hydrogen-bond donors (Lipinski definition) is 2. The number of halogens is 1. The lowest BCUT2D eigenvalue weighted by Gasteiger charge is -2.12. The van der Waals surface area contributed by atoms with Crippen molar-refractivity contribution in [1.29, 1.82) is 0 Å². The molecule has 6 heteroatoms. The summed E-state index contributed by atoms with van der Waals surface area (Å²) in [5, 5.41) is 13.9. The zero-order valence-electron chi connectivity index (χ0n) is 10.1. The van der Waals surface area contributed by atoms with Crippen LogP contribution in [-0.2, 0) is 17.8 Å². The van der Waals surface area contributed by atoms with Crippen LogP contribution in [0.2, 0.25) is 5.02 Å². The number of rotatable bonds is 6. The van der Waals surface area contributed by atoms with Crippen LogP contribution in [0, 0.1) is 12.8 Å². The third-order valence-corrected chi connectivity index (χ3v) is 3.25. The molecule has 0 aliphatic heterocycles. The van der Waals surface area contributed by atoms with E-state index in [4.69, 9.17) is 22.4 Å². The van der Waals surface area contributed by atoms with E-state index in [1.165, 1.54) is 0 Å². The van der Waals surface area contributed by atoms with Gasteiger partial charge in [-0.2, -0.15) is 5.10 Å². The lowest BCUT2D eigenvalue weighted by Crippen LogP contribution is -2.21. The molecule has 0 saturated carbocycles. The van der Waals surface area contributed by atoms with E-state index in [2.05, 4.69) is 5.10 Å². The monoisotopic (exact) mass is 259 g/mol. The number of nitrogens with two attached hydrogens (primary N) is 1. The Hall–Kier alpha value is -1.07. The first-order valence-corrected chi connectivity index (χ1v) is 6.03. The largest absolute Gasteiger partial charge is 0.481 e. The average Bonchev–Trinajstić information content (AvgIpc) is 2.55. The van der Waals surface area contributed by atoms with Crippen LogP contribution in [0.4, 0.5) is 0 Å². The molecule has 0 aliphatic carbocycles. The van der Waals surface area contributed by atoms with Crippen molar-refractivity contribution in [2.75, 3.05) is 6.54 Å². The molecule has 5 nitrogen and oxygen atoms in total. The van der Waals surface area contributed by atoms with Gasteiger partial charge < -0.3 is 10.8 Å². The van der Waals surface area contributed by atoms with Gasteiger partial charge in [0.15, 0.2) is 0 Å². The molecule has 1 aromatic heterocycles. The minimum Gasteiger partial charge on any atom is -0.481 e. The van der Waals surface area contributed by atoms with Gasteiger partial charge in [0.05, 0.1) is 22.3 Å². The predicted molar refractivity (Wildman–Crippen MR) is 66.1 cm³/mol. The number of aromatic nitrogens is 2. The molecular weight excluding hydrogens is 242 g/mol. The Labute approximate surface area is 106 Å². The summed E-state index contributed by atoms with van der Waals surface area (Å²) in [5.41, 5.74) is 6.94. The fourth-order valence-corrected chi connectivity index (χ4v) is 2.02. The van der Waals surface area contributed by atoms with Crippen molar-refractivity contribution in [3.05, 3.63) is 16.4 Å². The van der Waals surface area contributed by atoms with Crippen LogP contribution in [0.25, 0.3) is 0 Å². The first kappa shape index (κ1) is 14.0. The summed E-state index contributed by atoms with van der Waals surface area (Å²) in [5.74, 6) is -1.34. The molecule has 0 amide bonds. The van der Waals surface area contributed by atoms with Gasteiger partial charge >= 0.3 is 5.97 Å². The number of carboxylic acids is 1. The van der Waals surface area contributed by atoms with Crippen molar-refractivity contribution in [3.8, 4) is 0 Å². The van der Waals surface area contributed by atoms with Gasteiger partial charge in [-0.3, -0.25) is 9.48 Å². The van der Waals surface area contributed by atoms with E-state index in [9.17, 15) is 4.79 Å². The molecular formula is C11H18ClN3O2. The normalized spacial score (nSPS) is 12.7. The predicted octanol–water partition coefficient (Wildman–Crippen LogP) is 1.46. The molecule has 1 rings (SSSR count). The van der Waals surface area contributed by atoms with Gasteiger partial charge in [0, 0.05) is 13.0 Å². The van der Waals surface area contributed by atoms with Crippen LogP contribution in [0.15, 0.2) is 0 Å². The standard InChI is InChI=1S/C11H18ClN3O2/c1-3-15-9(10(12)7(2)14-15)6-8(4-5-13)11(16)17/h8H,3-6,13H2,1-2H3,(H,16,17). The number of hydrogen-bond acceptors (Lipinski definition) is 3. The van der Waals surface area contributed by atoms with Crippen LogP contribution < -0.4 is 5.73 Å². The van der Waals surface area contributed by atoms with Crippen molar-refractivity contribution in [2.45, 2.75) is 33.2 Å². The maximum atomic E-state index is 11.1.